The average Bonchev–Trinajstić information content (AvgIpc) is 2.64. The number of carbonyl (C=O) groups excluding carboxylic acids is 1. The second-order valence-electron chi connectivity index (χ2n) is 6.83. The minimum absolute atomic E-state index is 0.0356. The van der Waals surface area contributed by atoms with Crippen molar-refractivity contribution in [1.82, 2.24) is 9.88 Å². The van der Waals surface area contributed by atoms with E-state index in [9.17, 15) is 9.59 Å². The summed E-state index contributed by atoms with van der Waals surface area (Å²) in [7, 11) is 1.80. The van der Waals surface area contributed by atoms with E-state index in [1.807, 2.05) is 56.3 Å². The van der Waals surface area contributed by atoms with Crippen LogP contribution in [0.5, 0.6) is 0 Å². The number of H-pyrrole nitrogens is 1. The lowest BCUT2D eigenvalue weighted by molar-refractivity contribution is -0.130. The van der Waals surface area contributed by atoms with Gasteiger partial charge in [-0.15, -0.1) is 0 Å². The molecule has 0 aliphatic carbocycles. The van der Waals surface area contributed by atoms with Gasteiger partial charge < -0.3 is 9.88 Å². The van der Waals surface area contributed by atoms with Gasteiger partial charge in [-0.1, -0.05) is 42.5 Å². The van der Waals surface area contributed by atoms with Crippen LogP contribution >= 0.6 is 0 Å². The van der Waals surface area contributed by atoms with Crippen LogP contribution < -0.4 is 5.56 Å². The zero-order valence-electron chi connectivity index (χ0n) is 15.5. The summed E-state index contributed by atoms with van der Waals surface area (Å²) in [6, 6.07) is 15.9. The van der Waals surface area contributed by atoms with Gasteiger partial charge in [0, 0.05) is 25.6 Å². The summed E-state index contributed by atoms with van der Waals surface area (Å²) in [4.78, 5) is 29.5. The predicted octanol–water partition coefficient (Wildman–Crippen LogP) is 3.74. The number of benzene rings is 2. The molecule has 0 unspecified atom stereocenters. The highest BCUT2D eigenvalue weighted by Crippen LogP contribution is 2.19. The molecule has 3 rings (SSSR count). The number of aryl methyl sites for hydroxylation is 3. The van der Waals surface area contributed by atoms with Crippen LogP contribution in [0, 0.1) is 13.8 Å². The second-order valence-corrected chi connectivity index (χ2v) is 6.83. The molecule has 0 spiro atoms. The molecule has 4 nitrogen and oxygen atoms in total. The van der Waals surface area contributed by atoms with Crippen LogP contribution in [0.25, 0.3) is 10.9 Å². The highest BCUT2D eigenvalue weighted by Gasteiger charge is 2.12. The first-order valence-corrected chi connectivity index (χ1v) is 8.85. The predicted molar refractivity (Wildman–Crippen MR) is 105 cm³/mol. The van der Waals surface area contributed by atoms with Crippen molar-refractivity contribution in [3.63, 3.8) is 0 Å². The molecule has 0 radical (unpaired) electrons. The Hall–Kier alpha value is -2.88. The molecule has 3 aromatic rings. The number of hydrogen-bond donors (Lipinski definition) is 1. The molecular formula is C22H24N2O2. The zero-order valence-corrected chi connectivity index (χ0v) is 15.5. The van der Waals surface area contributed by atoms with E-state index in [2.05, 4.69) is 11.1 Å². The maximum absolute atomic E-state index is 12.4. The first-order chi connectivity index (χ1) is 12.5. The van der Waals surface area contributed by atoms with E-state index in [1.165, 1.54) is 0 Å². The molecule has 26 heavy (non-hydrogen) atoms. The number of nitrogens with one attached hydrogen (secondary N) is 1. The Morgan fingerprint density at radius 3 is 2.54 bits per heavy atom. The Labute approximate surface area is 153 Å². The van der Waals surface area contributed by atoms with Crippen LogP contribution in [0.2, 0.25) is 0 Å². The monoisotopic (exact) mass is 348 g/mol. The Kier molecular flexibility index (Phi) is 5.21. The van der Waals surface area contributed by atoms with Gasteiger partial charge in [-0.25, -0.2) is 0 Å². The van der Waals surface area contributed by atoms with Crippen molar-refractivity contribution in [3.8, 4) is 0 Å². The molecule has 2 aromatic carbocycles. The SMILES string of the molecule is Cc1ccc2cc(CCC(=O)N(C)Cc3ccccc3)c(=O)[nH]c2c1C. The fraction of sp³-hybridized carbons (Fsp3) is 0.273. The second kappa shape index (κ2) is 7.56. The van der Waals surface area contributed by atoms with Crippen molar-refractivity contribution in [3.05, 3.63) is 81.1 Å². The van der Waals surface area contributed by atoms with Gasteiger partial charge in [0.25, 0.3) is 5.56 Å². The van der Waals surface area contributed by atoms with Crippen LogP contribution in [-0.2, 0) is 17.8 Å². The molecule has 1 aromatic heterocycles. The van der Waals surface area contributed by atoms with E-state index in [0.717, 1.165) is 27.6 Å². The van der Waals surface area contributed by atoms with Crippen LogP contribution in [0.15, 0.2) is 53.3 Å². The first kappa shape index (κ1) is 17.9. The summed E-state index contributed by atoms with van der Waals surface area (Å²) < 4.78 is 0. The Balaban J connectivity index is 1.71. The van der Waals surface area contributed by atoms with Crippen LogP contribution in [0.3, 0.4) is 0 Å². The Morgan fingerprint density at radius 2 is 1.81 bits per heavy atom. The van der Waals surface area contributed by atoms with Gasteiger partial charge in [-0.2, -0.15) is 0 Å². The van der Waals surface area contributed by atoms with Gasteiger partial charge in [-0.05, 0) is 48.4 Å². The van der Waals surface area contributed by atoms with E-state index in [0.29, 0.717) is 24.9 Å². The zero-order chi connectivity index (χ0) is 18.7. The molecule has 1 amide bonds. The molecule has 1 N–H and O–H groups in total. The van der Waals surface area contributed by atoms with Gasteiger partial charge >= 0.3 is 0 Å². The third-order valence-corrected chi connectivity index (χ3v) is 4.92. The highest BCUT2D eigenvalue weighted by atomic mass is 16.2. The molecule has 0 atom stereocenters. The normalized spacial score (nSPS) is 10.9. The summed E-state index contributed by atoms with van der Waals surface area (Å²) in [5.41, 5.74) is 4.76. The third-order valence-electron chi connectivity index (χ3n) is 4.92. The van der Waals surface area contributed by atoms with E-state index in [4.69, 9.17) is 0 Å². The summed E-state index contributed by atoms with van der Waals surface area (Å²) in [5, 5.41) is 1.01. The number of aromatic amines is 1. The number of aromatic nitrogens is 1. The van der Waals surface area contributed by atoms with Crippen molar-refractivity contribution < 1.29 is 4.79 Å². The number of nitrogens with zero attached hydrogens (tertiary/aromatic N) is 1. The quantitative estimate of drug-likeness (QED) is 0.764. The number of rotatable bonds is 5. The van der Waals surface area contributed by atoms with E-state index >= 15 is 0 Å². The summed E-state index contributed by atoms with van der Waals surface area (Å²) >= 11 is 0. The van der Waals surface area contributed by atoms with Gasteiger partial charge in [-0.3, -0.25) is 9.59 Å². The maximum atomic E-state index is 12.4. The molecule has 1 heterocycles. The topological polar surface area (TPSA) is 53.2 Å². The smallest absolute Gasteiger partial charge is 0.251 e. The number of pyridine rings is 1. The number of carbonyl (C=O) groups is 1. The van der Waals surface area contributed by atoms with Crippen molar-refractivity contribution in [2.24, 2.45) is 0 Å². The maximum Gasteiger partial charge on any atom is 0.251 e. The molecule has 134 valence electrons. The van der Waals surface area contributed by atoms with Crippen LogP contribution in [0.1, 0.15) is 28.7 Å². The number of fused-ring (bicyclic) bond motifs is 1. The lowest BCUT2D eigenvalue weighted by Gasteiger charge is -2.17. The molecule has 0 bridgehead atoms. The van der Waals surface area contributed by atoms with Crippen molar-refractivity contribution >= 4 is 16.8 Å². The third kappa shape index (κ3) is 3.85. The van der Waals surface area contributed by atoms with Crippen LogP contribution in [-0.4, -0.2) is 22.8 Å². The van der Waals surface area contributed by atoms with Crippen LogP contribution in [0.4, 0.5) is 0 Å². The van der Waals surface area contributed by atoms with Crippen molar-refractivity contribution in [2.75, 3.05) is 7.05 Å². The van der Waals surface area contributed by atoms with E-state index < -0.39 is 0 Å². The Morgan fingerprint density at radius 1 is 1.08 bits per heavy atom. The molecular weight excluding hydrogens is 324 g/mol. The van der Waals surface area contributed by atoms with Gasteiger partial charge in [0.1, 0.15) is 0 Å². The first-order valence-electron chi connectivity index (χ1n) is 8.85. The summed E-state index contributed by atoms with van der Waals surface area (Å²) in [6.45, 7) is 4.61. The number of amides is 1. The molecule has 4 heteroatoms. The minimum Gasteiger partial charge on any atom is -0.341 e. The van der Waals surface area contributed by atoms with E-state index in [-0.39, 0.29) is 11.5 Å². The number of hydrogen-bond acceptors (Lipinski definition) is 2. The molecule has 0 aliphatic heterocycles. The molecule has 0 saturated carbocycles. The molecule has 0 saturated heterocycles. The van der Waals surface area contributed by atoms with Crippen molar-refractivity contribution in [1.29, 1.82) is 0 Å². The lowest BCUT2D eigenvalue weighted by atomic mass is 10.0. The lowest BCUT2D eigenvalue weighted by Crippen LogP contribution is -2.27. The van der Waals surface area contributed by atoms with Gasteiger partial charge in [0.2, 0.25) is 5.91 Å². The largest absolute Gasteiger partial charge is 0.341 e. The average molecular weight is 348 g/mol. The van der Waals surface area contributed by atoms with Gasteiger partial charge in [0.15, 0.2) is 0 Å². The van der Waals surface area contributed by atoms with Crippen molar-refractivity contribution in [2.45, 2.75) is 33.2 Å². The molecule has 0 fully saturated rings. The fourth-order valence-electron chi connectivity index (χ4n) is 3.13. The highest BCUT2D eigenvalue weighted by molar-refractivity contribution is 5.83. The Bertz CT molecular complexity index is 990. The fourth-order valence-corrected chi connectivity index (χ4v) is 3.13. The molecule has 0 aliphatic rings. The summed E-state index contributed by atoms with van der Waals surface area (Å²) in [6.07, 6.45) is 0.763. The van der Waals surface area contributed by atoms with E-state index in [1.54, 1.807) is 11.9 Å². The minimum atomic E-state index is -0.107. The standard InChI is InChI=1S/C22H24N2O2/c1-15-9-10-18-13-19(22(26)23-21(18)16(15)2)11-12-20(25)24(3)14-17-7-5-4-6-8-17/h4-10,13H,11-12,14H2,1-3H3,(H,23,26). The summed E-state index contributed by atoms with van der Waals surface area (Å²) in [5.74, 6) is 0.0356. The van der Waals surface area contributed by atoms with Gasteiger partial charge in [0.05, 0.1) is 5.52 Å².